The molecule has 2 fully saturated rings. The van der Waals surface area contributed by atoms with Gasteiger partial charge in [0.05, 0.1) is 30.9 Å². The van der Waals surface area contributed by atoms with Gasteiger partial charge in [0, 0.05) is 67.2 Å². The van der Waals surface area contributed by atoms with Crippen molar-refractivity contribution in [3.05, 3.63) is 86.9 Å². The van der Waals surface area contributed by atoms with E-state index in [9.17, 15) is 27.0 Å². The quantitative estimate of drug-likeness (QED) is 0.113. The Morgan fingerprint density at radius 1 is 0.967 bits per heavy atom. The minimum Gasteiger partial charge on any atom is -0.481 e. The van der Waals surface area contributed by atoms with Gasteiger partial charge in [-0.1, -0.05) is 65.7 Å². The Bertz CT molecular complexity index is 2430. The van der Waals surface area contributed by atoms with Crippen LogP contribution in [0.5, 0.6) is 17.6 Å². The number of pyridine rings is 2. The van der Waals surface area contributed by atoms with Crippen LogP contribution in [0.2, 0.25) is 10.0 Å². The highest BCUT2D eigenvalue weighted by molar-refractivity contribution is 7.91. The van der Waals surface area contributed by atoms with Gasteiger partial charge in [0.1, 0.15) is 27.6 Å². The zero-order valence-corrected chi connectivity index (χ0v) is 36.1. The minimum absolute atomic E-state index is 0.0798. The number of hydrogen-bond donors (Lipinski definition) is 3. The van der Waals surface area contributed by atoms with Crippen LogP contribution in [0.1, 0.15) is 54.0 Å². The first-order valence-corrected chi connectivity index (χ1v) is 22.4. The van der Waals surface area contributed by atoms with E-state index in [1.807, 2.05) is 58.2 Å². The first-order valence-electron chi connectivity index (χ1n) is 19.8. The maximum absolute atomic E-state index is 12.8. The molecule has 1 aliphatic carbocycles. The average molecular weight is 905 g/mol. The predicted molar refractivity (Wildman–Crippen MR) is 226 cm³/mol. The second-order valence-corrected chi connectivity index (χ2v) is 18.2. The molecule has 2 aromatic carbocycles. The number of hydrogen-bond acceptors (Lipinski definition) is 10. The van der Waals surface area contributed by atoms with Crippen molar-refractivity contribution in [3.8, 4) is 40.0 Å². The van der Waals surface area contributed by atoms with Crippen LogP contribution in [0.4, 0.5) is 13.2 Å². The van der Waals surface area contributed by atoms with Crippen molar-refractivity contribution in [2.45, 2.75) is 63.5 Å². The van der Waals surface area contributed by atoms with E-state index >= 15 is 0 Å². The van der Waals surface area contributed by atoms with Crippen LogP contribution in [0.25, 0.3) is 22.4 Å². The van der Waals surface area contributed by atoms with Crippen LogP contribution < -0.4 is 29.6 Å². The second-order valence-electron chi connectivity index (χ2n) is 15.3. The number of rotatable bonds is 15. The van der Waals surface area contributed by atoms with Gasteiger partial charge in [0.25, 0.3) is 5.91 Å². The molecule has 13 nitrogen and oxygen atoms in total. The lowest BCUT2D eigenvalue weighted by atomic mass is 9.94. The van der Waals surface area contributed by atoms with Crippen molar-refractivity contribution in [1.29, 1.82) is 0 Å². The van der Waals surface area contributed by atoms with Gasteiger partial charge < -0.3 is 24.8 Å². The van der Waals surface area contributed by atoms with Crippen LogP contribution >= 0.6 is 23.2 Å². The fourth-order valence-corrected chi connectivity index (χ4v) is 9.52. The largest absolute Gasteiger partial charge is 0.481 e. The molecule has 0 spiro atoms. The lowest BCUT2D eigenvalue weighted by Crippen LogP contribution is -2.35. The van der Waals surface area contributed by atoms with E-state index in [-0.39, 0.29) is 41.4 Å². The van der Waals surface area contributed by atoms with Crippen LogP contribution in [0.15, 0.2) is 59.0 Å². The Morgan fingerprint density at radius 3 is 2.44 bits per heavy atom. The molecule has 1 unspecified atom stereocenters. The molecule has 3 N–H and O–H groups in total. The Balaban J connectivity index is 1.03. The Kier molecular flexibility index (Phi) is 13.8. The lowest BCUT2D eigenvalue weighted by molar-refractivity contribution is -0.122. The summed E-state index contributed by atoms with van der Waals surface area (Å²) in [6.07, 6.45) is -0.841. The third-order valence-electron chi connectivity index (χ3n) is 11.0. The Morgan fingerprint density at radius 2 is 1.70 bits per heavy atom. The number of likely N-dealkylation sites (tertiary alicyclic amines) is 1. The number of ether oxygens (including phenoxy) is 3. The van der Waals surface area contributed by atoms with Gasteiger partial charge in [-0.3, -0.25) is 14.5 Å². The molecule has 4 heterocycles. The lowest BCUT2D eigenvalue weighted by Gasteiger charge is -2.20. The van der Waals surface area contributed by atoms with E-state index in [0.717, 1.165) is 46.1 Å². The van der Waals surface area contributed by atoms with Crippen molar-refractivity contribution < 1.29 is 41.2 Å². The van der Waals surface area contributed by atoms with E-state index in [2.05, 4.69) is 20.0 Å². The highest BCUT2D eigenvalue weighted by Crippen LogP contribution is 2.45. The summed E-state index contributed by atoms with van der Waals surface area (Å²) in [5.41, 5.74) is 6.86. The molecule has 4 aromatic rings. The maximum atomic E-state index is 12.8. The number of carbonyl (C=O) groups excluding carboxylic acids is 2. The number of nitrogens with one attached hydrogen (secondary N) is 3. The van der Waals surface area contributed by atoms with Gasteiger partial charge in [-0.15, -0.1) is 4.36 Å². The fourth-order valence-electron chi connectivity index (χ4n) is 7.99. The Labute approximate surface area is 362 Å². The van der Waals surface area contributed by atoms with E-state index in [4.69, 9.17) is 42.4 Å². The Hall–Kier alpha value is -4.52. The van der Waals surface area contributed by atoms with Gasteiger partial charge in [0.15, 0.2) is 0 Å². The average Bonchev–Trinajstić information content (AvgIpc) is 3.98. The molecular weight excluding hydrogens is 858 g/mol. The number of aromatic nitrogens is 2. The summed E-state index contributed by atoms with van der Waals surface area (Å²) in [4.78, 5) is 35.7. The standard InChI is InChI=1S/C42H46Cl2F3N7O6S/c1-58-39-24(19-48-20-27-11-15-36(55)50-27)10-13-34(51-39)32-9-5-8-31(37(32)44)28-6-4-7-30-29(28)12-14-35(30)60-41-33(43)18-26(40(52-41)59-2)22-54-17-16-25(21-54)38(56)53-61(3,57)49-23-42(45,46)47/h4-10,13,18,25,27,35,48H,11-12,14-17,19-23H2,1-3H3,(H,50,55)(H,49,53,56,57)/t25-,27+,35+,61?/m1/s1. The van der Waals surface area contributed by atoms with Crippen molar-refractivity contribution in [2.24, 2.45) is 10.3 Å². The number of amides is 2. The zero-order chi connectivity index (χ0) is 43.5. The van der Waals surface area contributed by atoms with E-state index in [0.29, 0.717) is 74.0 Å². The fraction of sp³-hybridized carbons (Fsp3) is 0.429. The number of carbonyl (C=O) groups is 2. The molecule has 326 valence electrons. The van der Waals surface area contributed by atoms with Crippen LogP contribution in [0.3, 0.4) is 0 Å². The highest BCUT2D eigenvalue weighted by Gasteiger charge is 2.33. The van der Waals surface area contributed by atoms with Gasteiger partial charge in [-0.2, -0.15) is 18.2 Å². The van der Waals surface area contributed by atoms with Gasteiger partial charge in [-0.25, -0.2) is 13.9 Å². The first-order chi connectivity index (χ1) is 29.1. The molecule has 2 aliphatic heterocycles. The van der Waals surface area contributed by atoms with Crippen molar-refractivity contribution >= 4 is 44.9 Å². The molecule has 19 heteroatoms. The van der Waals surface area contributed by atoms with Gasteiger partial charge in [-0.05, 0) is 61.1 Å². The molecule has 4 atom stereocenters. The number of alkyl halides is 3. The molecule has 0 bridgehead atoms. The molecule has 2 amide bonds. The summed E-state index contributed by atoms with van der Waals surface area (Å²) in [7, 11) is -0.494. The maximum Gasteiger partial charge on any atom is 0.402 e. The summed E-state index contributed by atoms with van der Waals surface area (Å²) in [6, 6.07) is 17.6. The van der Waals surface area contributed by atoms with Crippen molar-refractivity contribution in [3.63, 3.8) is 0 Å². The van der Waals surface area contributed by atoms with Crippen molar-refractivity contribution in [2.75, 3.05) is 46.7 Å². The number of benzene rings is 2. The molecule has 61 heavy (non-hydrogen) atoms. The number of methoxy groups -OCH3 is 2. The van der Waals surface area contributed by atoms with Crippen LogP contribution in [-0.2, 0) is 39.0 Å². The monoisotopic (exact) mass is 903 g/mol. The number of halogens is 5. The summed E-state index contributed by atoms with van der Waals surface area (Å²) in [5.74, 6) is -0.292. The van der Waals surface area contributed by atoms with Gasteiger partial charge >= 0.3 is 6.18 Å². The van der Waals surface area contributed by atoms with E-state index < -0.39 is 34.5 Å². The molecule has 2 aromatic heterocycles. The molecule has 7 rings (SSSR count). The summed E-state index contributed by atoms with van der Waals surface area (Å²) >= 11 is 14.0. The number of fused-ring (bicyclic) bond motifs is 1. The van der Waals surface area contributed by atoms with Gasteiger partial charge in [0.2, 0.25) is 23.5 Å². The summed E-state index contributed by atoms with van der Waals surface area (Å²) in [6.45, 7) is 0.718. The number of nitrogens with zero attached hydrogens (tertiary/aromatic N) is 4. The molecular formula is C42H46Cl2F3N7O6S. The third kappa shape index (κ3) is 10.8. The molecule has 0 saturated carbocycles. The SMILES string of the molecule is COc1nc(-c2cccc(-c3cccc4c3CC[C@@H]4Oc3nc(OC)c(CN4CC[C@@H](C(=O)N=S(C)(=O)NCC(F)(F)F)C4)cc3Cl)c2Cl)ccc1CNC[C@@H]1CCC(=O)N1. The third-order valence-corrected chi connectivity index (χ3v) is 12.8. The summed E-state index contributed by atoms with van der Waals surface area (Å²) < 4.78 is 73.5. The van der Waals surface area contributed by atoms with Crippen LogP contribution in [0, 0.1) is 5.92 Å². The van der Waals surface area contributed by atoms with Crippen molar-refractivity contribution in [1.82, 2.24) is 30.2 Å². The minimum atomic E-state index is -4.59. The van der Waals surface area contributed by atoms with Crippen LogP contribution in [-0.4, -0.2) is 89.8 Å². The second kappa shape index (κ2) is 18.8. The van der Waals surface area contributed by atoms with E-state index in [1.54, 1.807) is 13.2 Å². The molecule has 0 radical (unpaired) electrons. The first kappa shape index (κ1) is 44.5. The predicted octanol–water partition coefficient (Wildman–Crippen LogP) is 7.08. The topological polar surface area (TPSA) is 156 Å². The molecule has 3 aliphatic rings. The normalized spacial score (nSPS) is 19.9. The highest BCUT2D eigenvalue weighted by atomic mass is 35.5. The molecule has 2 saturated heterocycles. The van der Waals surface area contributed by atoms with E-state index in [1.165, 1.54) is 7.11 Å². The smallest absolute Gasteiger partial charge is 0.402 e. The summed E-state index contributed by atoms with van der Waals surface area (Å²) in [5, 5.41) is 7.17. The zero-order valence-electron chi connectivity index (χ0n) is 33.7.